The SMILES string of the molecule is [2H]C([2H])([2H])c1ccc(C2(c3ccnc(-n4c5ccccc5c5ccc(Oc6cccc(N7CN(C)c8ccccc87)c6)cc54)c3)C3CC4CC(C3)CC2C4)cc1. The first-order valence-corrected chi connectivity index (χ1v) is 19.2. The van der Waals surface area contributed by atoms with Gasteiger partial charge in [-0.2, -0.15) is 0 Å². The van der Waals surface area contributed by atoms with Crippen molar-refractivity contribution in [3.05, 3.63) is 150 Å². The van der Waals surface area contributed by atoms with Crippen LogP contribution < -0.4 is 14.5 Å². The Bertz CT molecular complexity index is 2620. The third-order valence-corrected chi connectivity index (χ3v) is 13.2. The molecule has 4 aliphatic carbocycles. The summed E-state index contributed by atoms with van der Waals surface area (Å²) in [5.74, 6) is 5.03. The molecule has 4 fully saturated rings. The molecule has 0 radical (unpaired) electrons. The monoisotopic (exact) mass is 695 g/mol. The summed E-state index contributed by atoms with van der Waals surface area (Å²) in [6.45, 7) is -1.35. The van der Waals surface area contributed by atoms with Gasteiger partial charge in [0.2, 0.25) is 0 Å². The Hall–Kier alpha value is -5.55. The number of para-hydroxylation sites is 3. The van der Waals surface area contributed by atoms with Crippen LogP contribution in [0, 0.1) is 30.5 Å². The van der Waals surface area contributed by atoms with Gasteiger partial charge in [0, 0.05) is 51.4 Å². The van der Waals surface area contributed by atoms with Crippen molar-refractivity contribution in [3.8, 4) is 17.3 Å². The van der Waals surface area contributed by atoms with E-state index >= 15 is 0 Å². The maximum atomic E-state index is 8.06. The molecule has 5 aliphatic rings. The van der Waals surface area contributed by atoms with E-state index in [2.05, 4.69) is 131 Å². The molecule has 0 spiro atoms. The zero-order valence-corrected chi connectivity index (χ0v) is 30.0. The molecule has 53 heavy (non-hydrogen) atoms. The van der Waals surface area contributed by atoms with Crippen molar-refractivity contribution in [2.24, 2.45) is 23.7 Å². The number of fused-ring (bicyclic) bond motifs is 4. The fraction of sp³-hybridized carbons (Fsp3) is 0.271. The van der Waals surface area contributed by atoms with Crippen molar-refractivity contribution in [1.29, 1.82) is 0 Å². The van der Waals surface area contributed by atoms with Crippen molar-refractivity contribution >= 4 is 38.9 Å². The van der Waals surface area contributed by atoms with Crippen LogP contribution in [0.15, 0.2) is 134 Å². The van der Waals surface area contributed by atoms with Crippen LogP contribution in [0.1, 0.15) is 52.9 Å². The van der Waals surface area contributed by atoms with Crippen molar-refractivity contribution in [1.82, 2.24) is 9.55 Å². The molecule has 7 aromatic rings. The molecule has 1 aliphatic heterocycles. The second kappa shape index (κ2) is 11.7. The zero-order chi connectivity index (χ0) is 37.8. The minimum absolute atomic E-state index is 0.193. The molecule has 0 unspecified atom stereocenters. The Kier molecular flexibility index (Phi) is 6.20. The minimum atomic E-state index is -2.13. The number of rotatable bonds is 6. The summed E-state index contributed by atoms with van der Waals surface area (Å²) in [6, 6.07) is 44.4. The summed E-state index contributed by atoms with van der Waals surface area (Å²) >= 11 is 0. The molecule has 0 saturated heterocycles. The molecule has 5 aromatic carbocycles. The second-order valence-electron chi connectivity index (χ2n) is 16.0. The lowest BCUT2D eigenvalue weighted by Gasteiger charge is -2.62. The predicted molar refractivity (Wildman–Crippen MR) is 216 cm³/mol. The molecule has 262 valence electrons. The highest BCUT2D eigenvalue weighted by Gasteiger charge is 2.58. The van der Waals surface area contributed by atoms with Gasteiger partial charge in [-0.1, -0.05) is 66.2 Å². The molecule has 2 aromatic heterocycles. The zero-order valence-electron chi connectivity index (χ0n) is 33.0. The van der Waals surface area contributed by atoms with Crippen molar-refractivity contribution < 1.29 is 8.85 Å². The Morgan fingerprint density at radius 1 is 0.660 bits per heavy atom. The van der Waals surface area contributed by atoms with Gasteiger partial charge in [0.05, 0.1) is 29.1 Å². The molecule has 4 bridgehead atoms. The van der Waals surface area contributed by atoms with Crippen LogP contribution in [-0.2, 0) is 5.41 Å². The average Bonchev–Trinajstić information content (AvgIpc) is 3.72. The number of hydrogen-bond acceptors (Lipinski definition) is 4. The number of pyridine rings is 1. The highest BCUT2D eigenvalue weighted by atomic mass is 16.5. The number of aromatic nitrogens is 2. The summed E-state index contributed by atoms with van der Waals surface area (Å²) in [4.78, 5) is 9.68. The van der Waals surface area contributed by atoms with Crippen LogP contribution in [0.25, 0.3) is 27.6 Å². The third kappa shape index (κ3) is 4.72. The van der Waals surface area contributed by atoms with Crippen LogP contribution in [0.3, 0.4) is 0 Å². The van der Waals surface area contributed by atoms with Gasteiger partial charge in [-0.25, -0.2) is 4.98 Å². The number of aryl methyl sites for hydroxylation is 1. The number of anilines is 3. The highest BCUT2D eigenvalue weighted by Crippen LogP contribution is 2.65. The second-order valence-corrected chi connectivity index (χ2v) is 16.0. The molecular formula is C48H44N4O. The van der Waals surface area contributed by atoms with Crippen LogP contribution in [-0.4, -0.2) is 23.3 Å². The molecule has 5 nitrogen and oxygen atoms in total. The molecular weight excluding hydrogens is 649 g/mol. The van der Waals surface area contributed by atoms with E-state index in [1.165, 1.54) is 60.0 Å². The van der Waals surface area contributed by atoms with Crippen molar-refractivity contribution in [2.75, 3.05) is 23.5 Å². The van der Waals surface area contributed by atoms with Crippen LogP contribution in [0.5, 0.6) is 11.5 Å². The normalized spacial score (nSPS) is 25.4. The van der Waals surface area contributed by atoms with Gasteiger partial charge in [-0.05, 0) is 128 Å². The first kappa shape index (κ1) is 28.0. The molecule has 0 amide bonds. The first-order valence-electron chi connectivity index (χ1n) is 20.7. The first-order chi connectivity index (χ1) is 27.2. The van der Waals surface area contributed by atoms with E-state index in [-0.39, 0.29) is 5.41 Å². The molecule has 0 N–H and O–H groups in total. The molecule has 5 heteroatoms. The summed E-state index contributed by atoms with van der Waals surface area (Å²) in [5, 5.41) is 2.32. The summed E-state index contributed by atoms with van der Waals surface area (Å²) < 4.78 is 33.2. The Morgan fingerprint density at radius 2 is 1.40 bits per heavy atom. The number of nitrogens with zero attached hydrogens (tertiary/aromatic N) is 4. The van der Waals surface area contributed by atoms with Crippen molar-refractivity contribution in [3.63, 3.8) is 0 Å². The lowest BCUT2D eigenvalue weighted by atomic mass is 9.42. The average molecular weight is 696 g/mol. The summed E-state index contributed by atoms with van der Waals surface area (Å²) in [7, 11) is 2.13. The van der Waals surface area contributed by atoms with Gasteiger partial charge in [0.15, 0.2) is 0 Å². The lowest BCUT2D eigenvalue weighted by molar-refractivity contribution is -0.0418. The maximum absolute atomic E-state index is 8.06. The van der Waals surface area contributed by atoms with E-state index in [0.29, 0.717) is 17.4 Å². The van der Waals surface area contributed by atoms with Gasteiger partial charge >= 0.3 is 0 Å². The van der Waals surface area contributed by atoms with Gasteiger partial charge in [-0.15, -0.1) is 0 Å². The van der Waals surface area contributed by atoms with Crippen LogP contribution >= 0.6 is 0 Å². The fourth-order valence-electron chi connectivity index (χ4n) is 11.3. The molecule has 4 saturated carbocycles. The number of hydrogen-bond donors (Lipinski definition) is 0. The van der Waals surface area contributed by atoms with E-state index in [1.807, 2.05) is 24.4 Å². The van der Waals surface area contributed by atoms with E-state index in [1.54, 1.807) is 0 Å². The molecule has 12 rings (SSSR count). The Labute approximate surface area is 315 Å². The third-order valence-electron chi connectivity index (χ3n) is 13.2. The predicted octanol–water partition coefficient (Wildman–Crippen LogP) is 11.6. The van der Waals surface area contributed by atoms with Crippen LogP contribution in [0.2, 0.25) is 0 Å². The summed E-state index contributed by atoms with van der Waals surface area (Å²) in [5.41, 5.74) is 8.39. The van der Waals surface area contributed by atoms with E-state index in [9.17, 15) is 0 Å². The number of ether oxygens (including phenoxy) is 1. The van der Waals surface area contributed by atoms with Crippen LogP contribution in [0.4, 0.5) is 17.1 Å². The van der Waals surface area contributed by atoms with Gasteiger partial charge in [0.25, 0.3) is 0 Å². The largest absolute Gasteiger partial charge is 0.457 e. The Morgan fingerprint density at radius 3 is 2.21 bits per heavy atom. The Balaban J connectivity index is 1.01. The molecule has 3 heterocycles. The minimum Gasteiger partial charge on any atom is -0.457 e. The molecule has 0 atom stereocenters. The number of benzene rings is 5. The van der Waals surface area contributed by atoms with Gasteiger partial charge in [0.1, 0.15) is 17.3 Å². The van der Waals surface area contributed by atoms with Gasteiger partial charge < -0.3 is 14.5 Å². The quantitative estimate of drug-likeness (QED) is 0.173. The van der Waals surface area contributed by atoms with E-state index in [0.717, 1.165) is 57.9 Å². The standard InChI is InChI=1S/C48H44N4O/c1-31-14-16-34(17-15-31)48(36-23-32-22-33(25-36)26-37(48)24-32)35-20-21-49-47(27-35)52-43-11-4-3-10-41(43)42-19-18-40(29-46(42)52)53-39-9-7-8-38(28-39)51-30-50(2)44-12-5-6-13-45(44)51/h3-21,27-29,32-33,36-37H,22-26,30H2,1-2H3/i1D3. The lowest BCUT2D eigenvalue weighted by Crippen LogP contribution is -2.56. The van der Waals surface area contributed by atoms with Gasteiger partial charge in [-0.3, -0.25) is 4.57 Å². The van der Waals surface area contributed by atoms with E-state index in [4.69, 9.17) is 13.8 Å². The topological polar surface area (TPSA) is 33.5 Å². The fourth-order valence-corrected chi connectivity index (χ4v) is 11.3. The maximum Gasteiger partial charge on any atom is 0.137 e. The van der Waals surface area contributed by atoms with E-state index < -0.39 is 6.85 Å². The summed E-state index contributed by atoms with van der Waals surface area (Å²) in [6.07, 6.45) is 8.26. The smallest absolute Gasteiger partial charge is 0.137 e. The highest BCUT2D eigenvalue weighted by molar-refractivity contribution is 6.09. The van der Waals surface area contributed by atoms with Crippen molar-refractivity contribution in [2.45, 2.75) is 44.4 Å².